The standard InChI is InChI=1S/C13H21N3O3S2/c1-9(2)16-7-10(14)6-11(16)13(17)15-4-5-20-8-12(15)21(3,18)19/h6-7,9,12H,4-5,8,14H2,1-3H3. The van der Waals surface area contributed by atoms with Gasteiger partial charge in [0, 0.05) is 36.5 Å². The molecule has 1 amide bonds. The van der Waals surface area contributed by atoms with Gasteiger partial charge in [-0.1, -0.05) is 0 Å². The fourth-order valence-corrected chi connectivity index (χ4v) is 5.23. The summed E-state index contributed by atoms with van der Waals surface area (Å²) in [6, 6.07) is 1.70. The quantitative estimate of drug-likeness (QED) is 0.900. The summed E-state index contributed by atoms with van der Waals surface area (Å²) in [5.74, 6) is 0.897. The molecule has 0 bridgehead atoms. The number of thioether (sulfide) groups is 1. The number of nitrogen functional groups attached to an aromatic ring is 1. The normalized spacial score (nSPS) is 20.0. The topological polar surface area (TPSA) is 85.4 Å². The van der Waals surface area contributed by atoms with E-state index < -0.39 is 15.2 Å². The van der Waals surface area contributed by atoms with Crippen molar-refractivity contribution in [3.63, 3.8) is 0 Å². The van der Waals surface area contributed by atoms with Crippen LogP contribution in [0.15, 0.2) is 12.3 Å². The molecular formula is C13H21N3O3S2. The number of carbonyl (C=O) groups is 1. The van der Waals surface area contributed by atoms with Crippen LogP contribution in [0.25, 0.3) is 0 Å². The highest BCUT2D eigenvalue weighted by Crippen LogP contribution is 2.25. The molecule has 1 fully saturated rings. The number of nitrogens with two attached hydrogens (primary N) is 1. The number of carbonyl (C=O) groups excluding carboxylic acids is 1. The van der Waals surface area contributed by atoms with Crippen LogP contribution in [0.4, 0.5) is 5.69 Å². The third-order valence-electron chi connectivity index (χ3n) is 3.48. The number of nitrogens with zero attached hydrogens (tertiary/aromatic N) is 2. The van der Waals surface area contributed by atoms with Crippen molar-refractivity contribution < 1.29 is 13.2 Å². The highest BCUT2D eigenvalue weighted by molar-refractivity contribution is 8.00. The van der Waals surface area contributed by atoms with Gasteiger partial charge in [0.05, 0.1) is 5.69 Å². The SMILES string of the molecule is CC(C)n1cc(N)cc1C(=O)N1CCSCC1S(C)(=O)=O. The van der Waals surface area contributed by atoms with Crippen molar-refractivity contribution in [3.8, 4) is 0 Å². The Hall–Kier alpha value is -1.15. The summed E-state index contributed by atoms with van der Waals surface area (Å²) >= 11 is 1.56. The van der Waals surface area contributed by atoms with Crippen LogP contribution in [0.5, 0.6) is 0 Å². The van der Waals surface area contributed by atoms with Crippen LogP contribution in [0.2, 0.25) is 0 Å². The Morgan fingerprint density at radius 1 is 1.48 bits per heavy atom. The van der Waals surface area contributed by atoms with Crippen LogP contribution in [-0.2, 0) is 9.84 Å². The Balaban J connectivity index is 2.38. The van der Waals surface area contributed by atoms with Crippen LogP contribution < -0.4 is 5.73 Å². The third-order valence-corrected chi connectivity index (χ3v) is 6.13. The van der Waals surface area contributed by atoms with Crippen LogP contribution >= 0.6 is 11.8 Å². The van der Waals surface area contributed by atoms with Crippen LogP contribution in [-0.4, -0.2) is 53.5 Å². The molecule has 2 heterocycles. The van der Waals surface area contributed by atoms with Gasteiger partial charge in [0.25, 0.3) is 5.91 Å². The van der Waals surface area contributed by atoms with Gasteiger partial charge in [0.2, 0.25) is 0 Å². The number of hydrogen-bond acceptors (Lipinski definition) is 5. The van der Waals surface area contributed by atoms with Crippen LogP contribution in [0.1, 0.15) is 30.4 Å². The van der Waals surface area contributed by atoms with E-state index in [1.165, 1.54) is 11.2 Å². The monoisotopic (exact) mass is 331 g/mol. The molecule has 118 valence electrons. The van der Waals surface area contributed by atoms with Gasteiger partial charge in [0.15, 0.2) is 9.84 Å². The van der Waals surface area contributed by atoms with Crippen molar-refractivity contribution in [1.82, 2.24) is 9.47 Å². The highest BCUT2D eigenvalue weighted by atomic mass is 32.2. The van der Waals surface area contributed by atoms with Gasteiger partial charge in [-0.3, -0.25) is 4.79 Å². The fraction of sp³-hybridized carbons (Fsp3) is 0.615. The van der Waals surface area contributed by atoms with Gasteiger partial charge in [-0.05, 0) is 19.9 Å². The Labute approximate surface area is 129 Å². The first-order valence-electron chi connectivity index (χ1n) is 6.76. The van der Waals surface area contributed by atoms with Gasteiger partial charge in [0.1, 0.15) is 11.1 Å². The van der Waals surface area contributed by atoms with Gasteiger partial charge >= 0.3 is 0 Å². The van der Waals surface area contributed by atoms with E-state index in [0.717, 1.165) is 5.75 Å². The minimum Gasteiger partial charge on any atom is -0.397 e. The number of aromatic nitrogens is 1. The Kier molecular flexibility index (Phi) is 4.57. The summed E-state index contributed by atoms with van der Waals surface area (Å²) in [7, 11) is -3.31. The van der Waals surface area contributed by atoms with E-state index in [2.05, 4.69) is 0 Å². The lowest BCUT2D eigenvalue weighted by atomic mass is 10.3. The zero-order chi connectivity index (χ0) is 15.8. The second-order valence-corrected chi connectivity index (χ2v) is 8.87. The lowest BCUT2D eigenvalue weighted by Crippen LogP contribution is -2.50. The highest BCUT2D eigenvalue weighted by Gasteiger charge is 2.35. The second-order valence-electron chi connectivity index (χ2n) is 5.52. The maximum atomic E-state index is 12.8. The van der Waals surface area contributed by atoms with Gasteiger partial charge < -0.3 is 15.2 Å². The Bertz CT molecular complexity index is 637. The zero-order valence-electron chi connectivity index (χ0n) is 12.4. The molecule has 1 aromatic heterocycles. The molecule has 0 saturated carbocycles. The molecule has 6 nitrogen and oxygen atoms in total. The predicted octanol–water partition coefficient (Wildman–Crippen LogP) is 1.21. The average molecular weight is 331 g/mol. The first kappa shape index (κ1) is 16.2. The van der Waals surface area contributed by atoms with Gasteiger partial charge in [-0.25, -0.2) is 8.42 Å². The number of hydrogen-bond donors (Lipinski definition) is 1. The Morgan fingerprint density at radius 3 is 2.71 bits per heavy atom. The first-order valence-corrected chi connectivity index (χ1v) is 9.87. The molecule has 1 aliphatic rings. The summed E-state index contributed by atoms with van der Waals surface area (Å²) < 4.78 is 25.6. The maximum Gasteiger partial charge on any atom is 0.271 e. The van der Waals surface area contributed by atoms with E-state index in [0.29, 0.717) is 23.7 Å². The van der Waals surface area contributed by atoms with Crippen LogP contribution in [0.3, 0.4) is 0 Å². The summed E-state index contributed by atoms with van der Waals surface area (Å²) in [5.41, 5.74) is 6.75. The molecule has 2 rings (SSSR count). The average Bonchev–Trinajstić information content (AvgIpc) is 2.79. The zero-order valence-corrected chi connectivity index (χ0v) is 14.1. The molecular weight excluding hydrogens is 310 g/mol. The third kappa shape index (κ3) is 3.37. The van der Waals surface area contributed by atoms with E-state index in [1.807, 2.05) is 13.8 Å². The number of rotatable bonds is 3. The molecule has 1 saturated heterocycles. The molecule has 2 N–H and O–H groups in total. The lowest BCUT2D eigenvalue weighted by Gasteiger charge is -2.34. The van der Waals surface area contributed by atoms with Crippen molar-refractivity contribution in [2.45, 2.75) is 25.3 Å². The maximum absolute atomic E-state index is 12.8. The van der Waals surface area contributed by atoms with E-state index in [1.54, 1.807) is 28.6 Å². The molecule has 1 aromatic rings. The molecule has 0 radical (unpaired) electrons. The van der Waals surface area contributed by atoms with Crippen molar-refractivity contribution in [2.75, 3.05) is 30.0 Å². The Morgan fingerprint density at radius 2 is 2.14 bits per heavy atom. The van der Waals surface area contributed by atoms with Crippen molar-refractivity contribution in [3.05, 3.63) is 18.0 Å². The van der Waals surface area contributed by atoms with Crippen molar-refractivity contribution in [2.24, 2.45) is 0 Å². The minimum atomic E-state index is -3.31. The summed E-state index contributed by atoms with van der Waals surface area (Å²) in [4.78, 5) is 14.2. The molecule has 21 heavy (non-hydrogen) atoms. The van der Waals surface area contributed by atoms with Crippen molar-refractivity contribution in [1.29, 1.82) is 0 Å². The van der Waals surface area contributed by atoms with E-state index in [-0.39, 0.29) is 11.9 Å². The minimum absolute atomic E-state index is 0.0806. The van der Waals surface area contributed by atoms with E-state index >= 15 is 0 Å². The number of anilines is 1. The summed E-state index contributed by atoms with van der Waals surface area (Å²) in [6.07, 6.45) is 2.89. The fourth-order valence-electron chi connectivity index (χ4n) is 2.41. The van der Waals surface area contributed by atoms with E-state index in [4.69, 9.17) is 5.73 Å². The smallest absolute Gasteiger partial charge is 0.271 e. The first-order chi connectivity index (χ1) is 9.71. The van der Waals surface area contributed by atoms with Gasteiger partial charge in [-0.2, -0.15) is 11.8 Å². The molecule has 1 aliphatic heterocycles. The van der Waals surface area contributed by atoms with Crippen LogP contribution in [0, 0.1) is 0 Å². The summed E-state index contributed by atoms with van der Waals surface area (Å²) in [6.45, 7) is 4.34. The summed E-state index contributed by atoms with van der Waals surface area (Å²) in [5, 5.41) is -0.763. The molecule has 0 aromatic carbocycles. The number of sulfone groups is 1. The van der Waals surface area contributed by atoms with Crippen molar-refractivity contribution >= 4 is 33.2 Å². The van der Waals surface area contributed by atoms with Gasteiger partial charge in [-0.15, -0.1) is 0 Å². The molecule has 1 atom stereocenters. The molecule has 8 heteroatoms. The lowest BCUT2D eigenvalue weighted by molar-refractivity contribution is 0.0737. The van der Waals surface area contributed by atoms with E-state index in [9.17, 15) is 13.2 Å². The number of amides is 1. The predicted molar refractivity (Wildman–Crippen MR) is 86.2 cm³/mol. The largest absolute Gasteiger partial charge is 0.397 e. The molecule has 0 spiro atoms. The molecule has 0 aliphatic carbocycles. The second kappa shape index (κ2) is 5.92. The molecule has 1 unspecified atom stereocenters.